The minimum Gasteiger partial charge on any atom is -0.441 e. The molecule has 122 valence electrons. The summed E-state index contributed by atoms with van der Waals surface area (Å²) in [6, 6.07) is 8.29. The van der Waals surface area contributed by atoms with Crippen molar-refractivity contribution in [3.05, 3.63) is 29.3 Å². The number of nitrogens with zero attached hydrogens (tertiary/aromatic N) is 3. The molecule has 0 radical (unpaired) electrons. The lowest BCUT2D eigenvalue weighted by Crippen LogP contribution is -2.35. The van der Waals surface area contributed by atoms with E-state index in [0.717, 1.165) is 51.0 Å². The molecule has 0 unspecified atom stereocenters. The maximum Gasteiger partial charge on any atom is 0.410 e. The number of benzene rings is 1. The number of hydrogen-bond donors (Lipinski definition) is 0. The maximum absolute atomic E-state index is 11.7. The highest BCUT2D eigenvalue weighted by Gasteiger charge is 2.44. The van der Waals surface area contributed by atoms with Crippen molar-refractivity contribution in [2.24, 2.45) is 0 Å². The van der Waals surface area contributed by atoms with Gasteiger partial charge in [-0.1, -0.05) is 12.1 Å². The Kier molecular flexibility index (Phi) is 3.73. The van der Waals surface area contributed by atoms with Gasteiger partial charge in [0.15, 0.2) is 0 Å². The van der Waals surface area contributed by atoms with Crippen LogP contribution in [-0.2, 0) is 11.3 Å². The minimum absolute atomic E-state index is 0.176. The number of amides is 1. The molecule has 0 bridgehead atoms. The average Bonchev–Trinajstić information content (AvgIpc) is 2.99. The highest BCUT2D eigenvalue weighted by molar-refractivity contribution is 7.18. The van der Waals surface area contributed by atoms with Gasteiger partial charge in [-0.15, -0.1) is 11.3 Å². The number of ether oxygens (including phenoxy) is 1. The molecule has 4 rings (SSSR count). The molecule has 2 aromatic rings. The Morgan fingerprint density at radius 1 is 1.30 bits per heavy atom. The van der Waals surface area contributed by atoms with Crippen LogP contribution < -0.4 is 0 Å². The summed E-state index contributed by atoms with van der Waals surface area (Å²) in [6.07, 6.45) is 2.75. The third-order valence-electron chi connectivity index (χ3n) is 4.83. The smallest absolute Gasteiger partial charge is 0.410 e. The van der Waals surface area contributed by atoms with Crippen molar-refractivity contribution >= 4 is 27.6 Å². The van der Waals surface area contributed by atoms with Crippen molar-refractivity contribution in [2.75, 3.05) is 26.7 Å². The fourth-order valence-corrected chi connectivity index (χ4v) is 4.62. The molecule has 2 aliphatic heterocycles. The number of hydrogen-bond acceptors (Lipinski definition) is 5. The molecule has 23 heavy (non-hydrogen) atoms. The third kappa shape index (κ3) is 2.93. The van der Waals surface area contributed by atoms with Crippen molar-refractivity contribution in [3.8, 4) is 0 Å². The van der Waals surface area contributed by atoms with Crippen LogP contribution in [0.2, 0.25) is 0 Å². The highest BCUT2D eigenvalue weighted by Crippen LogP contribution is 2.33. The van der Waals surface area contributed by atoms with E-state index in [2.05, 4.69) is 23.1 Å². The van der Waals surface area contributed by atoms with E-state index < -0.39 is 0 Å². The van der Waals surface area contributed by atoms with E-state index in [-0.39, 0.29) is 11.7 Å². The first-order valence-electron chi connectivity index (χ1n) is 8.15. The normalized spacial score (nSPS) is 26.0. The summed E-state index contributed by atoms with van der Waals surface area (Å²) in [5.74, 6) is 0. The van der Waals surface area contributed by atoms with Gasteiger partial charge in [-0.2, -0.15) is 0 Å². The van der Waals surface area contributed by atoms with Gasteiger partial charge in [-0.05, 0) is 31.5 Å². The predicted octanol–water partition coefficient (Wildman–Crippen LogP) is 3.10. The standard InChI is InChI=1S/C17H21N3O2S/c1-19-12-17(22-16(19)21)7-4-9-20(10-8-17)11-15-18-13-5-2-3-6-14(13)23-15/h2-3,5-6H,4,7-12H2,1H3/t17-/m1/s1. The van der Waals surface area contributed by atoms with Crippen LogP contribution in [0.5, 0.6) is 0 Å². The molecule has 0 saturated carbocycles. The maximum atomic E-state index is 11.7. The minimum atomic E-state index is -0.270. The molecule has 1 atom stereocenters. The molecule has 1 aromatic carbocycles. The summed E-state index contributed by atoms with van der Waals surface area (Å²) in [6.45, 7) is 3.61. The van der Waals surface area contributed by atoms with E-state index in [9.17, 15) is 4.79 Å². The molecule has 1 aromatic heterocycles. The lowest BCUT2D eigenvalue weighted by Gasteiger charge is -2.25. The van der Waals surface area contributed by atoms with Crippen molar-refractivity contribution in [1.82, 2.24) is 14.8 Å². The first-order chi connectivity index (χ1) is 11.1. The summed E-state index contributed by atoms with van der Waals surface area (Å²) in [7, 11) is 1.82. The number of rotatable bonds is 2. The van der Waals surface area contributed by atoms with Gasteiger partial charge < -0.3 is 9.64 Å². The van der Waals surface area contributed by atoms with Crippen LogP contribution in [0.3, 0.4) is 0 Å². The van der Waals surface area contributed by atoms with E-state index >= 15 is 0 Å². The largest absolute Gasteiger partial charge is 0.441 e. The van der Waals surface area contributed by atoms with Gasteiger partial charge in [-0.3, -0.25) is 4.90 Å². The number of thiazole rings is 1. The molecule has 2 saturated heterocycles. The van der Waals surface area contributed by atoms with E-state index in [1.54, 1.807) is 16.2 Å². The average molecular weight is 331 g/mol. The predicted molar refractivity (Wildman–Crippen MR) is 90.6 cm³/mol. The van der Waals surface area contributed by atoms with E-state index in [4.69, 9.17) is 9.72 Å². The van der Waals surface area contributed by atoms with Gasteiger partial charge in [0, 0.05) is 20.0 Å². The Labute approximate surface area is 139 Å². The second-order valence-corrected chi connectivity index (χ2v) is 7.73. The van der Waals surface area contributed by atoms with Crippen molar-refractivity contribution < 1.29 is 9.53 Å². The van der Waals surface area contributed by atoms with Gasteiger partial charge in [0.25, 0.3) is 0 Å². The molecular formula is C17H21N3O2S. The quantitative estimate of drug-likeness (QED) is 0.848. The number of para-hydroxylation sites is 1. The molecule has 6 heteroatoms. The van der Waals surface area contributed by atoms with Crippen LogP contribution in [0.1, 0.15) is 24.3 Å². The van der Waals surface area contributed by atoms with Crippen molar-refractivity contribution in [3.63, 3.8) is 0 Å². The van der Waals surface area contributed by atoms with Crippen LogP contribution in [-0.4, -0.2) is 53.2 Å². The van der Waals surface area contributed by atoms with Gasteiger partial charge >= 0.3 is 6.09 Å². The van der Waals surface area contributed by atoms with Crippen molar-refractivity contribution in [1.29, 1.82) is 0 Å². The zero-order chi connectivity index (χ0) is 15.9. The van der Waals surface area contributed by atoms with Crippen LogP contribution in [0.25, 0.3) is 10.2 Å². The number of carbonyl (C=O) groups excluding carboxylic acids is 1. The highest BCUT2D eigenvalue weighted by atomic mass is 32.1. The summed E-state index contributed by atoms with van der Waals surface area (Å²) < 4.78 is 6.93. The number of likely N-dealkylation sites (N-methyl/N-ethyl adjacent to an activating group) is 1. The fourth-order valence-electron chi connectivity index (χ4n) is 3.61. The molecule has 5 nitrogen and oxygen atoms in total. The van der Waals surface area contributed by atoms with E-state index in [1.165, 1.54) is 9.71 Å². The van der Waals surface area contributed by atoms with Gasteiger partial charge in [-0.25, -0.2) is 9.78 Å². The molecular weight excluding hydrogens is 310 g/mol. The SMILES string of the molecule is CN1C[C@]2(CCCN(Cc3nc4ccccc4s3)CC2)OC1=O. The fraction of sp³-hybridized carbons (Fsp3) is 0.529. The second kappa shape index (κ2) is 5.76. The van der Waals surface area contributed by atoms with Crippen molar-refractivity contribution in [2.45, 2.75) is 31.4 Å². The van der Waals surface area contributed by atoms with Crippen LogP contribution in [0.15, 0.2) is 24.3 Å². The van der Waals surface area contributed by atoms with E-state index in [0.29, 0.717) is 0 Å². The molecule has 2 aliphatic rings. The second-order valence-electron chi connectivity index (χ2n) is 6.61. The molecule has 1 amide bonds. The van der Waals surface area contributed by atoms with Gasteiger partial charge in [0.2, 0.25) is 0 Å². The Morgan fingerprint density at radius 3 is 2.96 bits per heavy atom. The Morgan fingerprint density at radius 2 is 2.17 bits per heavy atom. The topological polar surface area (TPSA) is 45.7 Å². The Hall–Kier alpha value is -1.66. The Bertz CT molecular complexity index is 698. The van der Waals surface area contributed by atoms with Crippen LogP contribution in [0, 0.1) is 0 Å². The third-order valence-corrected chi connectivity index (χ3v) is 5.85. The summed E-state index contributed by atoms with van der Waals surface area (Å²) in [5.41, 5.74) is 0.818. The van der Waals surface area contributed by atoms with Crippen LogP contribution >= 0.6 is 11.3 Å². The van der Waals surface area contributed by atoms with Gasteiger partial charge in [0.1, 0.15) is 10.6 Å². The first kappa shape index (κ1) is 14.9. The molecule has 1 spiro atoms. The summed E-state index contributed by atoms with van der Waals surface area (Å²) in [5, 5.41) is 1.17. The zero-order valence-electron chi connectivity index (χ0n) is 13.3. The lowest BCUT2D eigenvalue weighted by molar-refractivity contribution is 0.0443. The number of aromatic nitrogens is 1. The van der Waals surface area contributed by atoms with Crippen LogP contribution in [0.4, 0.5) is 4.79 Å². The molecule has 3 heterocycles. The molecule has 2 fully saturated rings. The molecule has 0 N–H and O–H groups in total. The first-order valence-corrected chi connectivity index (χ1v) is 8.96. The summed E-state index contributed by atoms with van der Waals surface area (Å²) >= 11 is 1.78. The number of fused-ring (bicyclic) bond motifs is 1. The monoisotopic (exact) mass is 331 g/mol. The van der Waals surface area contributed by atoms with E-state index in [1.807, 2.05) is 13.1 Å². The zero-order valence-corrected chi connectivity index (χ0v) is 14.1. The van der Waals surface area contributed by atoms with Gasteiger partial charge in [0.05, 0.1) is 23.3 Å². The molecule has 0 aliphatic carbocycles. The number of carbonyl (C=O) groups is 1. The Balaban J connectivity index is 1.44. The summed E-state index contributed by atoms with van der Waals surface area (Å²) in [4.78, 5) is 20.6. The lowest BCUT2D eigenvalue weighted by atomic mass is 9.95. The number of likely N-dealkylation sites (tertiary alicyclic amines) is 1.